The Hall–Kier alpha value is -1.75. The summed E-state index contributed by atoms with van der Waals surface area (Å²) in [4.78, 5) is 24.8. The fraction of sp³-hybridized carbons (Fsp3) is 0.500. The molecule has 6 heteroatoms. The number of rotatable bonds is 6. The van der Waals surface area contributed by atoms with Crippen LogP contribution in [-0.2, 0) is 9.59 Å². The van der Waals surface area contributed by atoms with Crippen LogP contribution >= 0.6 is 11.6 Å². The van der Waals surface area contributed by atoms with Gasteiger partial charge in [0.2, 0.25) is 5.91 Å². The third-order valence-electron chi connectivity index (χ3n) is 4.03. The van der Waals surface area contributed by atoms with Crippen LogP contribution in [0.25, 0.3) is 0 Å². The normalized spacial score (nSPS) is 20.6. The van der Waals surface area contributed by atoms with E-state index >= 15 is 0 Å². The fourth-order valence-electron chi connectivity index (χ4n) is 2.71. The Morgan fingerprint density at radius 2 is 2.00 bits per heavy atom. The highest BCUT2D eigenvalue weighted by Crippen LogP contribution is 2.32. The number of amides is 1. The van der Waals surface area contributed by atoms with Crippen molar-refractivity contribution in [2.75, 3.05) is 20.2 Å². The molecule has 0 radical (unpaired) electrons. The quantitative estimate of drug-likeness (QED) is 0.873. The average Bonchev–Trinajstić information content (AvgIpc) is 2.98. The van der Waals surface area contributed by atoms with Crippen molar-refractivity contribution in [3.05, 3.63) is 29.3 Å². The number of carboxylic acids is 1. The van der Waals surface area contributed by atoms with Crippen LogP contribution in [0.15, 0.2) is 24.3 Å². The molecule has 22 heavy (non-hydrogen) atoms. The number of para-hydroxylation sites is 1. The van der Waals surface area contributed by atoms with Gasteiger partial charge in [0.1, 0.15) is 12.4 Å². The maximum absolute atomic E-state index is 12.3. The zero-order valence-corrected chi connectivity index (χ0v) is 13.3. The van der Waals surface area contributed by atoms with Crippen molar-refractivity contribution >= 4 is 23.5 Å². The van der Waals surface area contributed by atoms with Gasteiger partial charge in [0.25, 0.3) is 0 Å². The second kappa shape index (κ2) is 7.49. The molecule has 1 amide bonds. The molecule has 0 aliphatic heterocycles. The topological polar surface area (TPSA) is 66.8 Å². The number of carbonyl (C=O) groups is 2. The van der Waals surface area contributed by atoms with E-state index in [0.717, 1.165) is 0 Å². The number of carboxylic acid groups (broad SMARTS) is 1. The van der Waals surface area contributed by atoms with Crippen molar-refractivity contribution in [3.8, 4) is 5.75 Å². The van der Waals surface area contributed by atoms with Gasteiger partial charge >= 0.3 is 5.97 Å². The van der Waals surface area contributed by atoms with Crippen molar-refractivity contribution < 1.29 is 19.4 Å². The first-order valence-electron chi connectivity index (χ1n) is 7.34. The van der Waals surface area contributed by atoms with Crippen molar-refractivity contribution in [2.24, 2.45) is 11.8 Å². The van der Waals surface area contributed by atoms with Gasteiger partial charge in [0.05, 0.1) is 17.5 Å². The molecular formula is C16H20ClNO4. The summed E-state index contributed by atoms with van der Waals surface area (Å²) in [5.41, 5.74) is 0. The maximum Gasteiger partial charge on any atom is 0.306 e. The fourth-order valence-corrected chi connectivity index (χ4v) is 2.90. The van der Waals surface area contributed by atoms with E-state index in [2.05, 4.69) is 0 Å². The lowest BCUT2D eigenvalue weighted by molar-refractivity contribution is -0.141. The van der Waals surface area contributed by atoms with Crippen LogP contribution in [0.3, 0.4) is 0 Å². The Labute approximate surface area is 134 Å². The number of benzene rings is 1. The van der Waals surface area contributed by atoms with Crippen molar-refractivity contribution in [1.82, 2.24) is 4.90 Å². The van der Waals surface area contributed by atoms with E-state index in [9.17, 15) is 9.59 Å². The van der Waals surface area contributed by atoms with E-state index in [1.54, 1.807) is 24.1 Å². The third-order valence-corrected chi connectivity index (χ3v) is 4.34. The molecule has 120 valence electrons. The van der Waals surface area contributed by atoms with Crippen LogP contribution in [0.5, 0.6) is 5.75 Å². The second-order valence-corrected chi connectivity index (χ2v) is 5.99. The van der Waals surface area contributed by atoms with Crippen LogP contribution in [0.2, 0.25) is 5.02 Å². The monoisotopic (exact) mass is 325 g/mol. The van der Waals surface area contributed by atoms with E-state index in [-0.39, 0.29) is 17.7 Å². The number of carbonyl (C=O) groups excluding carboxylic acids is 1. The first-order valence-corrected chi connectivity index (χ1v) is 7.72. The molecule has 0 bridgehead atoms. The molecule has 0 aromatic heterocycles. The van der Waals surface area contributed by atoms with Gasteiger partial charge in [-0.05, 0) is 31.4 Å². The largest absolute Gasteiger partial charge is 0.490 e. The Morgan fingerprint density at radius 3 is 2.64 bits per heavy atom. The van der Waals surface area contributed by atoms with Gasteiger partial charge in [-0.3, -0.25) is 9.59 Å². The standard InChI is InChI=1S/C16H20ClNO4/c1-18(8-9-22-14-5-3-2-4-13(14)17)15(19)11-6-7-12(10-11)16(20)21/h2-5,11-12H,6-10H2,1H3,(H,20,21)/t11-,12+/m1/s1. The van der Waals surface area contributed by atoms with Gasteiger partial charge in [0, 0.05) is 13.0 Å². The highest BCUT2D eigenvalue weighted by molar-refractivity contribution is 6.32. The lowest BCUT2D eigenvalue weighted by atomic mass is 10.0. The summed E-state index contributed by atoms with van der Waals surface area (Å²) in [6.45, 7) is 0.791. The Morgan fingerprint density at radius 1 is 1.32 bits per heavy atom. The Bertz CT molecular complexity index is 549. The molecule has 1 fully saturated rings. The number of nitrogens with zero attached hydrogens (tertiary/aromatic N) is 1. The van der Waals surface area contributed by atoms with Gasteiger partial charge in [-0.2, -0.15) is 0 Å². The van der Waals surface area contributed by atoms with Crippen LogP contribution in [-0.4, -0.2) is 42.1 Å². The van der Waals surface area contributed by atoms with Gasteiger partial charge in [-0.25, -0.2) is 0 Å². The number of halogens is 1. The Balaban J connectivity index is 1.78. The van der Waals surface area contributed by atoms with E-state index in [4.69, 9.17) is 21.4 Å². The molecular weight excluding hydrogens is 306 g/mol. The molecule has 1 N–H and O–H groups in total. The molecule has 2 rings (SSSR count). The summed E-state index contributed by atoms with van der Waals surface area (Å²) in [5.74, 6) is -0.795. The number of hydrogen-bond donors (Lipinski definition) is 1. The summed E-state index contributed by atoms with van der Waals surface area (Å²) < 4.78 is 5.56. The average molecular weight is 326 g/mol. The highest BCUT2D eigenvalue weighted by atomic mass is 35.5. The zero-order valence-electron chi connectivity index (χ0n) is 12.5. The third kappa shape index (κ3) is 4.13. The number of hydrogen-bond acceptors (Lipinski definition) is 3. The molecule has 0 heterocycles. The molecule has 1 aromatic carbocycles. The van der Waals surface area contributed by atoms with Crippen molar-refractivity contribution in [3.63, 3.8) is 0 Å². The molecule has 1 aliphatic rings. The smallest absolute Gasteiger partial charge is 0.306 e. The predicted octanol–water partition coefficient (Wildman–Crippen LogP) is 2.68. The Kier molecular flexibility index (Phi) is 5.66. The van der Waals surface area contributed by atoms with Crippen LogP contribution in [0.4, 0.5) is 0 Å². The summed E-state index contributed by atoms with van der Waals surface area (Å²) in [7, 11) is 1.71. The molecule has 2 atom stereocenters. The minimum atomic E-state index is -0.806. The van der Waals surface area contributed by atoms with Gasteiger partial charge in [0.15, 0.2) is 0 Å². The summed E-state index contributed by atoms with van der Waals surface area (Å²) in [5, 5.41) is 9.53. The van der Waals surface area contributed by atoms with E-state index in [0.29, 0.717) is 43.2 Å². The minimum absolute atomic E-state index is 0.00786. The maximum atomic E-state index is 12.3. The number of likely N-dealkylation sites (N-methyl/N-ethyl adjacent to an activating group) is 1. The van der Waals surface area contributed by atoms with Crippen LogP contribution < -0.4 is 4.74 Å². The van der Waals surface area contributed by atoms with E-state index < -0.39 is 5.97 Å². The SMILES string of the molecule is CN(CCOc1ccccc1Cl)C(=O)[C@@H]1CC[C@H](C(=O)O)C1. The number of ether oxygens (including phenoxy) is 1. The molecule has 1 saturated carbocycles. The van der Waals surface area contributed by atoms with Crippen molar-refractivity contribution in [1.29, 1.82) is 0 Å². The van der Waals surface area contributed by atoms with Crippen molar-refractivity contribution in [2.45, 2.75) is 19.3 Å². The summed E-state index contributed by atoms with van der Waals surface area (Å²) in [6, 6.07) is 7.18. The first-order chi connectivity index (χ1) is 10.5. The molecule has 0 saturated heterocycles. The zero-order chi connectivity index (χ0) is 16.1. The summed E-state index contributed by atoms with van der Waals surface area (Å²) in [6.07, 6.45) is 1.66. The molecule has 1 aliphatic carbocycles. The van der Waals surface area contributed by atoms with E-state index in [1.807, 2.05) is 12.1 Å². The predicted molar refractivity (Wildman–Crippen MR) is 83.1 cm³/mol. The summed E-state index contributed by atoms with van der Waals surface area (Å²) >= 11 is 5.99. The number of aliphatic carboxylic acids is 1. The minimum Gasteiger partial charge on any atom is -0.490 e. The lowest BCUT2D eigenvalue weighted by Gasteiger charge is -2.21. The van der Waals surface area contributed by atoms with E-state index in [1.165, 1.54) is 0 Å². The molecule has 0 unspecified atom stereocenters. The first kappa shape index (κ1) is 16.6. The lowest BCUT2D eigenvalue weighted by Crippen LogP contribution is -2.35. The molecule has 0 spiro atoms. The van der Waals surface area contributed by atoms with Gasteiger partial charge in [-0.15, -0.1) is 0 Å². The van der Waals surface area contributed by atoms with Gasteiger partial charge < -0.3 is 14.7 Å². The molecule has 1 aromatic rings. The second-order valence-electron chi connectivity index (χ2n) is 5.58. The van der Waals surface area contributed by atoms with Gasteiger partial charge in [-0.1, -0.05) is 23.7 Å². The molecule has 5 nitrogen and oxygen atoms in total. The van der Waals surface area contributed by atoms with Crippen LogP contribution in [0.1, 0.15) is 19.3 Å². The van der Waals surface area contributed by atoms with Crippen LogP contribution in [0, 0.1) is 11.8 Å². The highest BCUT2D eigenvalue weighted by Gasteiger charge is 2.34.